The zero-order valence-corrected chi connectivity index (χ0v) is 12.4. The van der Waals surface area contributed by atoms with E-state index in [0.29, 0.717) is 5.75 Å². The smallest absolute Gasteiger partial charge is 0.326 e. The molecule has 106 valence electrons. The third-order valence-corrected chi connectivity index (χ3v) is 5.80. The summed E-state index contributed by atoms with van der Waals surface area (Å²) in [7, 11) is 0. The van der Waals surface area contributed by atoms with Crippen LogP contribution < -0.4 is 0 Å². The second-order valence-electron chi connectivity index (χ2n) is 4.55. The summed E-state index contributed by atoms with van der Waals surface area (Å²) in [6.07, 6.45) is 0. The monoisotopic (exact) mass is 311 g/mol. The van der Waals surface area contributed by atoms with E-state index in [1.807, 2.05) is 17.5 Å². The quantitative estimate of drug-likeness (QED) is 0.624. The number of Topliss-reactive ketones (excluding diaryl/α,β-unsaturated/α-hetero) is 1. The second kappa shape index (κ2) is 5.21. The molecule has 3 atom stereocenters. The average molecular weight is 311 g/mol. The summed E-state index contributed by atoms with van der Waals surface area (Å²) in [6.45, 7) is 1.83. The molecule has 2 aliphatic rings. The molecule has 0 N–H and O–H groups in total. The van der Waals surface area contributed by atoms with Gasteiger partial charge in [0.15, 0.2) is 11.7 Å². The molecule has 0 saturated carbocycles. The number of fused-ring (bicyclic) bond motifs is 1. The Morgan fingerprint density at radius 3 is 2.95 bits per heavy atom. The Morgan fingerprint density at radius 2 is 2.30 bits per heavy atom. The number of thiophene rings is 1. The van der Waals surface area contributed by atoms with Gasteiger partial charge in [0.2, 0.25) is 5.91 Å². The topological polar surface area (TPSA) is 63.7 Å². The van der Waals surface area contributed by atoms with Gasteiger partial charge in [-0.2, -0.15) is 0 Å². The molecule has 2 saturated heterocycles. The highest BCUT2D eigenvalue weighted by atomic mass is 32.2. The van der Waals surface area contributed by atoms with Crippen molar-refractivity contribution in [2.24, 2.45) is 5.92 Å². The van der Waals surface area contributed by atoms with E-state index in [0.717, 1.165) is 4.88 Å². The minimum atomic E-state index is -1.26. The number of thioether (sulfide) groups is 1. The first-order valence-electron chi connectivity index (χ1n) is 6.32. The SMILES string of the molecule is CCOC(=O)C1C(=O)[C@H]2CS[C@H](c3cccs3)N2C1=O. The van der Waals surface area contributed by atoms with Crippen LogP contribution in [0.1, 0.15) is 17.2 Å². The molecule has 2 fully saturated rings. The van der Waals surface area contributed by atoms with Crippen LogP contribution >= 0.6 is 23.1 Å². The number of nitrogens with zero attached hydrogens (tertiary/aromatic N) is 1. The number of esters is 1. The fourth-order valence-electron chi connectivity index (χ4n) is 2.55. The van der Waals surface area contributed by atoms with Gasteiger partial charge in [-0.25, -0.2) is 0 Å². The van der Waals surface area contributed by atoms with Crippen LogP contribution in [0.3, 0.4) is 0 Å². The number of carbonyl (C=O) groups is 3. The first-order valence-corrected chi connectivity index (χ1v) is 8.25. The van der Waals surface area contributed by atoms with Gasteiger partial charge in [0, 0.05) is 10.6 Å². The molecule has 1 aromatic heterocycles. The van der Waals surface area contributed by atoms with E-state index in [9.17, 15) is 14.4 Å². The predicted molar refractivity (Wildman–Crippen MR) is 75.3 cm³/mol. The zero-order valence-electron chi connectivity index (χ0n) is 10.8. The van der Waals surface area contributed by atoms with E-state index in [-0.39, 0.29) is 17.8 Å². The number of amides is 1. The fourth-order valence-corrected chi connectivity index (χ4v) is 4.97. The van der Waals surface area contributed by atoms with Crippen LogP contribution in [-0.2, 0) is 19.1 Å². The summed E-state index contributed by atoms with van der Waals surface area (Å²) in [5, 5.41) is 1.78. The van der Waals surface area contributed by atoms with E-state index < -0.39 is 23.8 Å². The Labute approximate surface area is 124 Å². The molecule has 0 aliphatic carbocycles. The Hall–Kier alpha value is -1.34. The molecular formula is C13H13NO4S2. The summed E-state index contributed by atoms with van der Waals surface area (Å²) >= 11 is 3.12. The first-order chi connectivity index (χ1) is 9.65. The van der Waals surface area contributed by atoms with Gasteiger partial charge in [-0.05, 0) is 18.4 Å². The standard InChI is InChI=1S/C13H13NO4S2/c1-2-18-13(17)9-10(15)7-6-20-12(14(7)11(9)16)8-4-3-5-19-8/h3-5,7,9,12H,2,6H2,1H3/t7-,9?,12-/m1/s1. The number of ketones is 1. The lowest BCUT2D eigenvalue weighted by molar-refractivity contribution is -0.154. The maximum atomic E-state index is 12.4. The molecule has 1 aromatic rings. The largest absolute Gasteiger partial charge is 0.465 e. The Bertz CT molecular complexity index is 557. The molecule has 3 heterocycles. The van der Waals surface area contributed by atoms with Crippen molar-refractivity contribution in [3.63, 3.8) is 0 Å². The highest BCUT2D eigenvalue weighted by Crippen LogP contribution is 2.47. The molecule has 1 amide bonds. The van der Waals surface area contributed by atoms with Crippen molar-refractivity contribution in [2.45, 2.75) is 18.3 Å². The van der Waals surface area contributed by atoms with Gasteiger partial charge in [0.25, 0.3) is 0 Å². The summed E-state index contributed by atoms with van der Waals surface area (Å²) < 4.78 is 4.85. The maximum Gasteiger partial charge on any atom is 0.326 e. The van der Waals surface area contributed by atoms with Crippen LogP contribution in [0.25, 0.3) is 0 Å². The lowest BCUT2D eigenvalue weighted by Gasteiger charge is -2.21. The lowest BCUT2D eigenvalue weighted by atomic mass is 10.0. The van der Waals surface area contributed by atoms with Gasteiger partial charge in [0.05, 0.1) is 6.61 Å². The predicted octanol–water partition coefficient (Wildman–Crippen LogP) is 1.45. The van der Waals surface area contributed by atoms with Crippen molar-refractivity contribution >= 4 is 40.8 Å². The summed E-state index contributed by atoms with van der Waals surface area (Å²) in [5.41, 5.74) is 0. The third-order valence-electron chi connectivity index (χ3n) is 3.42. The maximum absolute atomic E-state index is 12.4. The Balaban J connectivity index is 1.88. The normalized spacial score (nSPS) is 28.9. The van der Waals surface area contributed by atoms with Crippen LogP contribution in [0.4, 0.5) is 0 Å². The highest BCUT2D eigenvalue weighted by Gasteiger charge is 2.57. The number of hydrogen-bond acceptors (Lipinski definition) is 6. The molecule has 0 bridgehead atoms. The van der Waals surface area contributed by atoms with Crippen molar-refractivity contribution in [2.75, 3.05) is 12.4 Å². The molecule has 3 rings (SSSR count). The Kier molecular flexibility index (Phi) is 3.55. The van der Waals surface area contributed by atoms with Crippen LogP contribution in [0.2, 0.25) is 0 Å². The van der Waals surface area contributed by atoms with Gasteiger partial charge < -0.3 is 9.64 Å². The van der Waals surface area contributed by atoms with E-state index in [2.05, 4.69) is 0 Å². The minimum Gasteiger partial charge on any atom is -0.465 e. The van der Waals surface area contributed by atoms with Crippen molar-refractivity contribution in [3.05, 3.63) is 22.4 Å². The van der Waals surface area contributed by atoms with Crippen molar-refractivity contribution in [3.8, 4) is 0 Å². The van der Waals surface area contributed by atoms with E-state index in [1.54, 1.807) is 34.9 Å². The fraction of sp³-hybridized carbons (Fsp3) is 0.462. The van der Waals surface area contributed by atoms with Gasteiger partial charge >= 0.3 is 5.97 Å². The number of rotatable bonds is 3. The second-order valence-corrected chi connectivity index (χ2v) is 6.64. The summed E-state index contributed by atoms with van der Waals surface area (Å²) in [4.78, 5) is 39.1. The van der Waals surface area contributed by atoms with E-state index >= 15 is 0 Å². The molecule has 0 spiro atoms. The third kappa shape index (κ3) is 1.96. The van der Waals surface area contributed by atoms with Crippen LogP contribution in [0.15, 0.2) is 17.5 Å². The first kappa shape index (κ1) is 13.6. The average Bonchev–Trinajstić information content (AvgIpc) is 3.10. The highest BCUT2D eigenvalue weighted by molar-refractivity contribution is 7.99. The number of hydrogen-bond donors (Lipinski definition) is 0. The molecule has 20 heavy (non-hydrogen) atoms. The minimum absolute atomic E-state index is 0.157. The van der Waals surface area contributed by atoms with Crippen molar-refractivity contribution in [1.82, 2.24) is 4.90 Å². The van der Waals surface area contributed by atoms with Gasteiger partial charge in [-0.3, -0.25) is 14.4 Å². The molecule has 7 heteroatoms. The number of carbonyl (C=O) groups excluding carboxylic acids is 3. The van der Waals surface area contributed by atoms with E-state index in [4.69, 9.17) is 4.74 Å². The zero-order chi connectivity index (χ0) is 14.3. The van der Waals surface area contributed by atoms with Crippen molar-refractivity contribution in [1.29, 1.82) is 0 Å². The molecule has 0 aromatic carbocycles. The van der Waals surface area contributed by atoms with Crippen LogP contribution in [-0.4, -0.2) is 41.0 Å². The summed E-state index contributed by atoms with van der Waals surface area (Å²) in [5.74, 6) is -2.17. The van der Waals surface area contributed by atoms with Gasteiger partial charge in [0.1, 0.15) is 11.4 Å². The van der Waals surface area contributed by atoms with E-state index in [1.165, 1.54) is 0 Å². The lowest BCUT2D eigenvalue weighted by Crippen LogP contribution is -2.33. The number of ether oxygens (including phenoxy) is 1. The van der Waals surface area contributed by atoms with Crippen LogP contribution in [0, 0.1) is 5.92 Å². The molecule has 1 unspecified atom stereocenters. The summed E-state index contributed by atoms with van der Waals surface area (Å²) in [6, 6.07) is 3.37. The Morgan fingerprint density at radius 1 is 1.50 bits per heavy atom. The van der Waals surface area contributed by atoms with Gasteiger partial charge in [-0.1, -0.05) is 6.07 Å². The van der Waals surface area contributed by atoms with Crippen LogP contribution in [0.5, 0.6) is 0 Å². The van der Waals surface area contributed by atoms with Crippen molar-refractivity contribution < 1.29 is 19.1 Å². The molecular weight excluding hydrogens is 298 g/mol. The molecule has 2 aliphatic heterocycles. The molecule has 5 nitrogen and oxygen atoms in total. The molecule has 0 radical (unpaired) electrons. The van der Waals surface area contributed by atoms with Gasteiger partial charge in [-0.15, -0.1) is 23.1 Å².